The first-order valence-electron chi connectivity index (χ1n) is 6.86. The third-order valence-electron chi connectivity index (χ3n) is 4.56. The van der Waals surface area contributed by atoms with E-state index in [1.165, 1.54) is 6.42 Å². The van der Waals surface area contributed by atoms with E-state index in [0.717, 1.165) is 43.7 Å². The monoisotopic (exact) mass is 314 g/mol. The second-order valence-corrected chi connectivity index (χ2v) is 6.22. The molecule has 1 aromatic rings. The van der Waals surface area contributed by atoms with Gasteiger partial charge in [0.2, 0.25) is 0 Å². The van der Waals surface area contributed by atoms with E-state index in [-0.39, 0.29) is 18.3 Å². The van der Waals surface area contributed by atoms with Crippen LogP contribution in [0.2, 0.25) is 5.02 Å². The van der Waals surface area contributed by atoms with Gasteiger partial charge in [-0.15, -0.1) is 12.4 Å². The predicted octanol–water partition coefficient (Wildman–Crippen LogP) is 2.90. The minimum absolute atomic E-state index is 0. The van der Waals surface area contributed by atoms with Gasteiger partial charge in [0.25, 0.3) is 5.91 Å². The Balaban J connectivity index is 0.00000147. The molecule has 1 atom stereocenters. The van der Waals surface area contributed by atoms with Crippen molar-refractivity contribution in [2.75, 3.05) is 26.2 Å². The van der Waals surface area contributed by atoms with Crippen LogP contribution in [-0.4, -0.2) is 37.0 Å². The van der Waals surface area contributed by atoms with Gasteiger partial charge in [0, 0.05) is 35.6 Å². The molecule has 2 fully saturated rings. The maximum Gasteiger partial charge on any atom is 0.254 e. The zero-order valence-electron chi connectivity index (χ0n) is 11.6. The molecule has 3 nitrogen and oxygen atoms in total. The molecule has 110 valence electrons. The first kappa shape index (κ1) is 15.6. The number of hydrogen-bond donors (Lipinski definition) is 1. The lowest BCUT2D eigenvalue weighted by Crippen LogP contribution is -2.33. The number of rotatable bonds is 1. The molecule has 1 unspecified atom stereocenters. The number of amides is 1. The fourth-order valence-electron chi connectivity index (χ4n) is 3.26. The lowest BCUT2D eigenvalue weighted by Gasteiger charge is -2.23. The molecular weight excluding hydrogens is 295 g/mol. The van der Waals surface area contributed by atoms with Crippen LogP contribution in [0.5, 0.6) is 0 Å². The highest BCUT2D eigenvalue weighted by molar-refractivity contribution is 6.31. The maximum atomic E-state index is 12.6. The van der Waals surface area contributed by atoms with Gasteiger partial charge in [-0.25, -0.2) is 0 Å². The van der Waals surface area contributed by atoms with Crippen LogP contribution in [0.3, 0.4) is 0 Å². The molecule has 1 aromatic carbocycles. The van der Waals surface area contributed by atoms with Gasteiger partial charge in [0.05, 0.1) is 0 Å². The SMILES string of the molecule is Cc1c(Cl)cccc1C(=O)N1CCC2(CCNC2)C1.Cl. The largest absolute Gasteiger partial charge is 0.338 e. The summed E-state index contributed by atoms with van der Waals surface area (Å²) in [6.45, 7) is 5.79. The Kier molecular flexibility index (Phi) is 4.62. The molecule has 2 aliphatic rings. The Morgan fingerprint density at radius 1 is 1.40 bits per heavy atom. The molecule has 1 spiro atoms. The van der Waals surface area contributed by atoms with Crippen LogP contribution in [0, 0.1) is 12.3 Å². The fraction of sp³-hybridized carbons (Fsp3) is 0.533. The number of likely N-dealkylation sites (tertiary alicyclic amines) is 1. The highest BCUT2D eigenvalue weighted by Crippen LogP contribution is 2.36. The first-order valence-corrected chi connectivity index (χ1v) is 7.24. The molecule has 0 bridgehead atoms. The quantitative estimate of drug-likeness (QED) is 0.864. The molecule has 20 heavy (non-hydrogen) atoms. The Bertz CT molecular complexity index is 513. The average Bonchev–Trinajstić information content (AvgIpc) is 3.03. The Hall–Kier alpha value is -0.770. The Morgan fingerprint density at radius 3 is 2.90 bits per heavy atom. The van der Waals surface area contributed by atoms with Crippen molar-refractivity contribution in [3.05, 3.63) is 34.3 Å². The smallest absolute Gasteiger partial charge is 0.254 e. The second kappa shape index (κ2) is 5.92. The van der Waals surface area contributed by atoms with Crippen LogP contribution in [0.4, 0.5) is 0 Å². The van der Waals surface area contributed by atoms with E-state index >= 15 is 0 Å². The number of benzene rings is 1. The molecule has 5 heteroatoms. The van der Waals surface area contributed by atoms with E-state index in [0.29, 0.717) is 10.4 Å². The third-order valence-corrected chi connectivity index (χ3v) is 4.97. The van der Waals surface area contributed by atoms with Gasteiger partial charge in [-0.05, 0) is 44.0 Å². The minimum atomic E-state index is 0. The highest BCUT2D eigenvalue weighted by Gasteiger charge is 2.42. The van der Waals surface area contributed by atoms with E-state index < -0.39 is 0 Å². The van der Waals surface area contributed by atoms with Crippen LogP contribution in [0.25, 0.3) is 0 Å². The van der Waals surface area contributed by atoms with Crippen LogP contribution in [0.15, 0.2) is 18.2 Å². The zero-order valence-corrected chi connectivity index (χ0v) is 13.2. The van der Waals surface area contributed by atoms with Gasteiger partial charge < -0.3 is 10.2 Å². The molecule has 0 aromatic heterocycles. The number of carbonyl (C=O) groups is 1. The summed E-state index contributed by atoms with van der Waals surface area (Å²) in [6, 6.07) is 5.56. The van der Waals surface area contributed by atoms with Crippen molar-refractivity contribution < 1.29 is 4.79 Å². The summed E-state index contributed by atoms with van der Waals surface area (Å²) >= 11 is 6.10. The van der Waals surface area contributed by atoms with Crippen LogP contribution >= 0.6 is 24.0 Å². The summed E-state index contributed by atoms with van der Waals surface area (Å²) in [7, 11) is 0. The summed E-state index contributed by atoms with van der Waals surface area (Å²) < 4.78 is 0. The highest BCUT2D eigenvalue weighted by atomic mass is 35.5. The molecule has 1 amide bonds. The minimum Gasteiger partial charge on any atom is -0.338 e. The molecule has 0 radical (unpaired) electrons. The van der Waals surface area contributed by atoms with Gasteiger partial charge in [-0.3, -0.25) is 4.79 Å². The first-order chi connectivity index (χ1) is 9.11. The van der Waals surface area contributed by atoms with Crippen molar-refractivity contribution in [2.24, 2.45) is 5.41 Å². The van der Waals surface area contributed by atoms with Crippen molar-refractivity contribution in [1.29, 1.82) is 0 Å². The van der Waals surface area contributed by atoms with Crippen molar-refractivity contribution in [3.63, 3.8) is 0 Å². The lowest BCUT2D eigenvalue weighted by molar-refractivity contribution is 0.0775. The van der Waals surface area contributed by atoms with E-state index in [2.05, 4.69) is 5.32 Å². The summed E-state index contributed by atoms with van der Waals surface area (Å²) in [5.74, 6) is 0.128. The van der Waals surface area contributed by atoms with Crippen molar-refractivity contribution in [1.82, 2.24) is 10.2 Å². The normalized spacial score (nSPS) is 25.0. The average molecular weight is 315 g/mol. The molecule has 3 rings (SSSR count). The van der Waals surface area contributed by atoms with Gasteiger partial charge in [0.1, 0.15) is 0 Å². The summed E-state index contributed by atoms with van der Waals surface area (Å²) in [5, 5.41) is 4.08. The molecule has 0 aliphatic carbocycles. The lowest BCUT2D eigenvalue weighted by atomic mass is 9.86. The van der Waals surface area contributed by atoms with E-state index in [1.807, 2.05) is 30.0 Å². The number of halogens is 2. The van der Waals surface area contributed by atoms with Crippen LogP contribution in [0.1, 0.15) is 28.8 Å². The van der Waals surface area contributed by atoms with Crippen LogP contribution in [-0.2, 0) is 0 Å². The van der Waals surface area contributed by atoms with Gasteiger partial charge in [0.15, 0.2) is 0 Å². The van der Waals surface area contributed by atoms with E-state index in [1.54, 1.807) is 0 Å². The van der Waals surface area contributed by atoms with Gasteiger partial charge >= 0.3 is 0 Å². The van der Waals surface area contributed by atoms with Crippen molar-refractivity contribution in [2.45, 2.75) is 19.8 Å². The van der Waals surface area contributed by atoms with Gasteiger partial charge in [-0.1, -0.05) is 17.7 Å². The molecule has 2 heterocycles. The number of hydrogen-bond acceptors (Lipinski definition) is 2. The number of nitrogens with zero attached hydrogens (tertiary/aromatic N) is 1. The third kappa shape index (κ3) is 2.67. The predicted molar refractivity (Wildman–Crippen MR) is 83.9 cm³/mol. The molecule has 0 saturated carbocycles. The summed E-state index contributed by atoms with van der Waals surface area (Å²) in [5.41, 5.74) is 1.96. The maximum absolute atomic E-state index is 12.6. The van der Waals surface area contributed by atoms with E-state index in [4.69, 9.17) is 11.6 Å². The summed E-state index contributed by atoms with van der Waals surface area (Å²) in [4.78, 5) is 14.6. The molecule has 2 aliphatic heterocycles. The Labute approximate surface area is 131 Å². The zero-order chi connectivity index (χ0) is 13.5. The van der Waals surface area contributed by atoms with Crippen molar-refractivity contribution >= 4 is 29.9 Å². The fourth-order valence-corrected chi connectivity index (χ4v) is 3.44. The molecular formula is C15H20Cl2N2O. The van der Waals surface area contributed by atoms with Crippen molar-refractivity contribution in [3.8, 4) is 0 Å². The number of carbonyl (C=O) groups excluding carboxylic acids is 1. The van der Waals surface area contributed by atoms with E-state index in [9.17, 15) is 4.79 Å². The molecule has 1 N–H and O–H groups in total. The van der Waals surface area contributed by atoms with Gasteiger partial charge in [-0.2, -0.15) is 0 Å². The Morgan fingerprint density at radius 2 is 2.20 bits per heavy atom. The topological polar surface area (TPSA) is 32.3 Å². The van der Waals surface area contributed by atoms with Crippen LogP contribution < -0.4 is 5.32 Å². The summed E-state index contributed by atoms with van der Waals surface area (Å²) in [6.07, 6.45) is 2.30. The number of nitrogens with one attached hydrogen (secondary N) is 1. The standard InChI is InChI=1S/C15H19ClN2O.ClH/c1-11-12(3-2-4-13(11)16)14(19)18-8-6-15(10-18)5-7-17-9-15;/h2-4,17H,5-10H2,1H3;1H. The molecule has 2 saturated heterocycles. The second-order valence-electron chi connectivity index (χ2n) is 5.82.